The van der Waals surface area contributed by atoms with E-state index >= 15 is 0 Å². The summed E-state index contributed by atoms with van der Waals surface area (Å²) < 4.78 is 0. The maximum atomic E-state index is 11.9. The molecule has 0 atom stereocenters. The van der Waals surface area contributed by atoms with E-state index in [0.29, 0.717) is 28.7 Å². The highest BCUT2D eigenvalue weighted by Gasteiger charge is 2.10. The Morgan fingerprint density at radius 3 is 2.46 bits per heavy atom. The molecule has 2 aromatic rings. The average Bonchev–Trinajstić information content (AvgIpc) is 2.50. The minimum Gasteiger partial charge on any atom is -0.355 e. The van der Waals surface area contributed by atoms with Gasteiger partial charge in [0.05, 0.1) is 0 Å². The lowest BCUT2D eigenvalue weighted by Crippen LogP contribution is -2.29. The first-order valence-electron chi connectivity index (χ1n) is 7.51. The van der Waals surface area contributed by atoms with Gasteiger partial charge in [0.25, 0.3) is 0 Å². The van der Waals surface area contributed by atoms with Crippen LogP contribution in [0, 0.1) is 6.92 Å². The van der Waals surface area contributed by atoms with Crippen molar-refractivity contribution in [1.82, 2.24) is 5.32 Å². The second-order valence-electron chi connectivity index (χ2n) is 5.41. The van der Waals surface area contributed by atoms with Crippen molar-refractivity contribution in [2.45, 2.75) is 19.8 Å². The number of anilines is 1. The summed E-state index contributed by atoms with van der Waals surface area (Å²) in [7, 11) is 0. The molecule has 0 bridgehead atoms. The molecular weight excluding hydrogens is 347 g/mol. The molecule has 24 heavy (non-hydrogen) atoms. The summed E-state index contributed by atoms with van der Waals surface area (Å²) in [6.07, 6.45) is 0.432. The van der Waals surface area contributed by atoms with Crippen molar-refractivity contribution < 1.29 is 9.59 Å². The van der Waals surface area contributed by atoms with Crippen LogP contribution < -0.4 is 10.6 Å². The summed E-state index contributed by atoms with van der Waals surface area (Å²) in [5, 5.41) is 6.70. The molecule has 0 fully saturated rings. The van der Waals surface area contributed by atoms with Crippen LogP contribution in [-0.2, 0) is 16.0 Å². The van der Waals surface area contributed by atoms with Gasteiger partial charge < -0.3 is 10.6 Å². The molecule has 0 aliphatic heterocycles. The van der Waals surface area contributed by atoms with Crippen LogP contribution in [0.25, 0.3) is 0 Å². The minimum atomic E-state index is -0.360. The van der Waals surface area contributed by atoms with Crippen LogP contribution in [0.4, 0.5) is 5.69 Å². The van der Waals surface area contributed by atoms with E-state index in [0.717, 1.165) is 11.1 Å². The maximum absolute atomic E-state index is 11.9. The number of amides is 2. The van der Waals surface area contributed by atoms with Gasteiger partial charge in [0, 0.05) is 22.3 Å². The van der Waals surface area contributed by atoms with E-state index in [4.69, 9.17) is 23.2 Å². The third-order valence-corrected chi connectivity index (χ3v) is 3.88. The molecule has 0 unspecified atom stereocenters. The number of benzene rings is 2. The van der Waals surface area contributed by atoms with Crippen molar-refractivity contribution in [2.75, 3.05) is 11.9 Å². The predicted octanol–water partition coefficient (Wildman–Crippen LogP) is 3.99. The summed E-state index contributed by atoms with van der Waals surface area (Å²) in [4.78, 5) is 23.7. The van der Waals surface area contributed by atoms with E-state index < -0.39 is 0 Å². The first kappa shape index (κ1) is 18.3. The van der Waals surface area contributed by atoms with Gasteiger partial charge >= 0.3 is 0 Å². The molecule has 2 N–H and O–H groups in total. The van der Waals surface area contributed by atoms with Crippen LogP contribution in [0.1, 0.15) is 17.5 Å². The Morgan fingerprint density at radius 1 is 1.00 bits per heavy atom. The SMILES string of the molecule is Cc1cc(Cl)ccc1NC(=O)CC(=O)NCCc1cccc(Cl)c1. The Balaban J connectivity index is 1.76. The molecule has 0 heterocycles. The average molecular weight is 365 g/mol. The van der Waals surface area contributed by atoms with Crippen LogP contribution in [-0.4, -0.2) is 18.4 Å². The lowest BCUT2D eigenvalue weighted by atomic mass is 10.1. The van der Waals surface area contributed by atoms with Gasteiger partial charge in [-0.05, 0) is 54.8 Å². The van der Waals surface area contributed by atoms with Crippen molar-refractivity contribution >= 4 is 40.7 Å². The summed E-state index contributed by atoms with van der Waals surface area (Å²) in [6, 6.07) is 12.6. The largest absolute Gasteiger partial charge is 0.355 e. The number of carbonyl (C=O) groups excluding carboxylic acids is 2. The fourth-order valence-corrected chi connectivity index (χ4v) is 2.65. The fraction of sp³-hybridized carbons (Fsp3) is 0.222. The van der Waals surface area contributed by atoms with Crippen molar-refractivity contribution in [3.05, 3.63) is 63.6 Å². The number of halogens is 2. The fourth-order valence-electron chi connectivity index (χ4n) is 2.21. The number of rotatable bonds is 6. The lowest BCUT2D eigenvalue weighted by Gasteiger charge is -2.09. The van der Waals surface area contributed by atoms with Gasteiger partial charge in [0.2, 0.25) is 11.8 Å². The standard InChI is InChI=1S/C18H18Cl2N2O2/c1-12-9-15(20)5-6-16(12)22-18(24)11-17(23)21-8-7-13-3-2-4-14(19)10-13/h2-6,9-10H,7-8,11H2,1H3,(H,21,23)(H,22,24). The van der Waals surface area contributed by atoms with Crippen molar-refractivity contribution in [2.24, 2.45) is 0 Å². The van der Waals surface area contributed by atoms with E-state index in [9.17, 15) is 9.59 Å². The van der Waals surface area contributed by atoms with Gasteiger partial charge in [-0.1, -0.05) is 35.3 Å². The third kappa shape index (κ3) is 5.87. The van der Waals surface area contributed by atoms with Gasteiger partial charge in [0.15, 0.2) is 0 Å². The molecule has 2 amide bonds. The Hall–Kier alpha value is -2.04. The molecule has 0 spiro atoms. The number of hydrogen-bond donors (Lipinski definition) is 2. The van der Waals surface area contributed by atoms with Crippen molar-refractivity contribution in [1.29, 1.82) is 0 Å². The van der Waals surface area contributed by atoms with Gasteiger partial charge in [0.1, 0.15) is 6.42 Å². The van der Waals surface area contributed by atoms with Crippen LogP contribution in [0.5, 0.6) is 0 Å². The summed E-state index contributed by atoms with van der Waals surface area (Å²) >= 11 is 11.8. The summed E-state index contributed by atoms with van der Waals surface area (Å²) in [6.45, 7) is 2.29. The van der Waals surface area contributed by atoms with Crippen LogP contribution in [0.15, 0.2) is 42.5 Å². The Labute approximate surface area is 151 Å². The highest BCUT2D eigenvalue weighted by Crippen LogP contribution is 2.19. The zero-order valence-corrected chi connectivity index (χ0v) is 14.7. The number of aryl methyl sites for hydroxylation is 1. The van der Waals surface area contributed by atoms with E-state index in [1.165, 1.54) is 0 Å². The Bertz CT molecular complexity index is 748. The first-order valence-corrected chi connectivity index (χ1v) is 8.27. The molecular formula is C18H18Cl2N2O2. The molecule has 0 radical (unpaired) electrons. The van der Waals surface area contributed by atoms with E-state index in [1.807, 2.05) is 25.1 Å². The molecule has 6 heteroatoms. The molecule has 0 aliphatic carbocycles. The van der Waals surface area contributed by atoms with Crippen molar-refractivity contribution in [3.63, 3.8) is 0 Å². The summed E-state index contributed by atoms with van der Waals surface area (Å²) in [5.41, 5.74) is 2.53. The Morgan fingerprint density at radius 2 is 1.75 bits per heavy atom. The van der Waals surface area contributed by atoms with Gasteiger partial charge in [-0.25, -0.2) is 0 Å². The normalized spacial score (nSPS) is 10.3. The number of carbonyl (C=O) groups is 2. The topological polar surface area (TPSA) is 58.2 Å². The second kappa shape index (κ2) is 8.71. The van der Waals surface area contributed by atoms with Crippen LogP contribution >= 0.6 is 23.2 Å². The molecule has 126 valence electrons. The third-order valence-electron chi connectivity index (χ3n) is 3.41. The first-order chi connectivity index (χ1) is 11.4. The molecule has 0 saturated heterocycles. The van der Waals surface area contributed by atoms with Gasteiger partial charge in [-0.3, -0.25) is 9.59 Å². The quantitative estimate of drug-likeness (QED) is 0.761. The number of nitrogens with one attached hydrogen (secondary N) is 2. The molecule has 0 aromatic heterocycles. The highest BCUT2D eigenvalue weighted by atomic mass is 35.5. The number of hydrogen-bond acceptors (Lipinski definition) is 2. The molecule has 2 aromatic carbocycles. The monoisotopic (exact) mass is 364 g/mol. The summed E-state index contributed by atoms with van der Waals surface area (Å²) in [5.74, 6) is -0.679. The smallest absolute Gasteiger partial charge is 0.233 e. The van der Waals surface area contributed by atoms with E-state index in [-0.39, 0.29) is 18.2 Å². The zero-order valence-electron chi connectivity index (χ0n) is 13.2. The molecule has 0 saturated carbocycles. The Kier molecular flexibility index (Phi) is 6.64. The van der Waals surface area contributed by atoms with Gasteiger partial charge in [-0.15, -0.1) is 0 Å². The molecule has 4 nitrogen and oxygen atoms in total. The van der Waals surface area contributed by atoms with Crippen LogP contribution in [0.2, 0.25) is 10.0 Å². The lowest BCUT2D eigenvalue weighted by molar-refractivity contribution is -0.126. The maximum Gasteiger partial charge on any atom is 0.233 e. The highest BCUT2D eigenvalue weighted by molar-refractivity contribution is 6.31. The second-order valence-corrected chi connectivity index (χ2v) is 6.29. The molecule has 2 rings (SSSR count). The van der Waals surface area contributed by atoms with E-state index in [1.54, 1.807) is 24.3 Å². The van der Waals surface area contributed by atoms with Crippen LogP contribution in [0.3, 0.4) is 0 Å². The van der Waals surface area contributed by atoms with E-state index in [2.05, 4.69) is 10.6 Å². The van der Waals surface area contributed by atoms with Gasteiger partial charge in [-0.2, -0.15) is 0 Å². The molecule has 0 aliphatic rings. The minimum absolute atomic E-state index is 0.225. The van der Waals surface area contributed by atoms with Crippen molar-refractivity contribution in [3.8, 4) is 0 Å². The zero-order chi connectivity index (χ0) is 17.5. The predicted molar refractivity (Wildman–Crippen MR) is 97.6 cm³/mol.